The van der Waals surface area contributed by atoms with E-state index in [1.165, 1.54) is 5.69 Å². The molecule has 0 spiro atoms. The third-order valence-corrected chi connectivity index (χ3v) is 3.28. The van der Waals surface area contributed by atoms with E-state index in [-0.39, 0.29) is 6.42 Å². The maximum atomic E-state index is 10.5. The highest BCUT2D eigenvalue weighted by molar-refractivity contribution is 5.67. The molecule has 0 amide bonds. The number of carboxylic acids is 1. The highest BCUT2D eigenvalue weighted by atomic mass is 16.4. The minimum absolute atomic E-state index is 0.286. The van der Waals surface area contributed by atoms with E-state index in [0.29, 0.717) is 12.0 Å². The van der Waals surface area contributed by atoms with Crippen molar-refractivity contribution in [3.63, 3.8) is 0 Å². The molecule has 2 rings (SSSR count). The lowest BCUT2D eigenvalue weighted by Gasteiger charge is -2.42. The lowest BCUT2D eigenvalue weighted by Crippen LogP contribution is -2.48. The Morgan fingerprint density at radius 1 is 1.69 bits per heavy atom. The second-order valence-corrected chi connectivity index (χ2v) is 4.47. The van der Waals surface area contributed by atoms with Crippen molar-refractivity contribution in [1.29, 1.82) is 0 Å². The zero-order valence-electron chi connectivity index (χ0n) is 9.63. The number of hydrogen-bond acceptors (Lipinski definition) is 3. The summed E-state index contributed by atoms with van der Waals surface area (Å²) in [6.45, 7) is 3.88. The van der Waals surface area contributed by atoms with Gasteiger partial charge in [-0.1, -0.05) is 0 Å². The van der Waals surface area contributed by atoms with Crippen LogP contribution < -0.4 is 0 Å². The zero-order chi connectivity index (χ0) is 11.7. The first-order chi connectivity index (χ1) is 7.58. The maximum Gasteiger partial charge on any atom is 0.303 e. The molecule has 1 aliphatic heterocycles. The van der Waals surface area contributed by atoms with Gasteiger partial charge in [-0.05, 0) is 18.9 Å². The van der Waals surface area contributed by atoms with Crippen LogP contribution in [0, 0.1) is 5.92 Å². The van der Waals surface area contributed by atoms with Crippen molar-refractivity contribution in [3.8, 4) is 0 Å². The number of nitrogens with zero attached hydrogens (tertiary/aromatic N) is 3. The van der Waals surface area contributed by atoms with Gasteiger partial charge in [0, 0.05) is 32.4 Å². The molecule has 16 heavy (non-hydrogen) atoms. The number of rotatable bonds is 4. The summed E-state index contributed by atoms with van der Waals surface area (Å²) in [4.78, 5) is 12.8. The van der Waals surface area contributed by atoms with Gasteiger partial charge in [0.25, 0.3) is 0 Å². The van der Waals surface area contributed by atoms with Crippen LogP contribution in [-0.2, 0) is 11.8 Å². The number of carbonyl (C=O) groups is 1. The molecule has 0 bridgehead atoms. The molecule has 1 atom stereocenters. The van der Waals surface area contributed by atoms with E-state index < -0.39 is 5.97 Å². The topological polar surface area (TPSA) is 58.4 Å². The van der Waals surface area contributed by atoms with Crippen LogP contribution in [0.5, 0.6) is 0 Å². The van der Waals surface area contributed by atoms with E-state index in [0.717, 1.165) is 13.1 Å². The van der Waals surface area contributed by atoms with Crippen LogP contribution in [0.2, 0.25) is 0 Å². The average Bonchev–Trinajstić information content (AvgIpc) is 2.56. The molecular weight excluding hydrogens is 206 g/mol. The molecule has 1 aromatic rings. The van der Waals surface area contributed by atoms with E-state index >= 15 is 0 Å². The third kappa shape index (κ3) is 2.09. The quantitative estimate of drug-likeness (QED) is 0.823. The third-order valence-electron chi connectivity index (χ3n) is 3.28. The molecule has 5 heteroatoms. The molecular formula is C11H17N3O2. The molecule has 1 saturated heterocycles. The van der Waals surface area contributed by atoms with E-state index in [2.05, 4.69) is 16.9 Å². The fraction of sp³-hybridized carbons (Fsp3) is 0.636. The molecule has 1 aliphatic rings. The Hall–Kier alpha value is -1.36. The molecule has 1 fully saturated rings. The van der Waals surface area contributed by atoms with E-state index in [1.54, 1.807) is 6.20 Å². The smallest absolute Gasteiger partial charge is 0.303 e. The van der Waals surface area contributed by atoms with Crippen LogP contribution >= 0.6 is 0 Å². The highest BCUT2D eigenvalue weighted by Gasteiger charge is 2.32. The molecule has 5 nitrogen and oxygen atoms in total. The van der Waals surface area contributed by atoms with Gasteiger partial charge >= 0.3 is 5.97 Å². The first kappa shape index (κ1) is 11.1. The van der Waals surface area contributed by atoms with E-state index in [1.807, 2.05) is 17.8 Å². The normalized spacial score (nSPS) is 19.4. The first-order valence-electron chi connectivity index (χ1n) is 5.51. The Morgan fingerprint density at radius 3 is 2.88 bits per heavy atom. The lowest BCUT2D eigenvalue weighted by atomic mass is 9.94. The molecule has 1 aromatic heterocycles. The van der Waals surface area contributed by atoms with Crippen LogP contribution in [0.4, 0.5) is 0 Å². The molecule has 0 radical (unpaired) electrons. The van der Waals surface area contributed by atoms with Gasteiger partial charge in [-0.25, -0.2) is 0 Å². The summed E-state index contributed by atoms with van der Waals surface area (Å²) >= 11 is 0. The van der Waals surface area contributed by atoms with Crippen molar-refractivity contribution in [1.82, 2.24) is 14.7 Å². The largest absolute Gasteiger partial charge is 0.481 e. The second kappa shape index (κ2) is 4.25. The molecule has 0 aromatic carbocycles. The monoisotopic (exact) mass is 223 g/mol. The van der Waals surface area contributed by atoms with Crippen molar-refractivity contribution in [2.75, 3.05) is 13.1 Å². The summed E-state index contributed by atoms with van der Waals surface area (Å²) in [7, 11) is 1.93. The van der Waals surface area contributed by atoms with E-state index in [4.69, 9.17) is 5.11 Å². The van der Waals surface area contributed by atoms with Gasteiger partial charge in [0.2, 0.25) is 0 Å². The molecule has 2 heterocycles. The standard InChI is InChI=1S/C11H17N3O2/c1-8(10-3-4-12-13(10)2)14-6-9(7-14)5-11(15)16/h3-4,8-9H,5-7H2,1-2H3,(H,15,16). The Bertz CT molecular complexity index is 382. The number of aryl methyl sites for hydroxylation is 1. The van der Waals surface area contributed by atoms with E-state index in [9.17, 15) is 4.79 Å². The second-order valence-electron chi connectivity index (χ2n) is 4.47. The van der Waals surface area contributed by atoms with Gasteiger partial charge in [0.1, 0.15) is 0 Å². The number of carboxylic acid groups (broad SMARTS) is 1. The molecule has 1 N–H and O–H groups in total. The van der Waals surface area contributed by atoms with Crippen molar-refractivity contribution in [2.24, 2.45) is 13.0 Å². The fourth-order valence-corrected chi connectivity index (χ4v) is 2.28. The maximum absolute atomic E-state index is 10.5. The van der Waals surface area contributed by atoms with Gasteiger partial charge < -0.3 is 5.11 Å². The minimum atomic E-state index is -0.696. The van der Waals surface area contributed by atoms with Crippen molar-refractivity contribution >= 4 is 5.97 Å². The highest BCUT2D eigenvalue weighted by Crippen LogP contribution is 2.29. The summed E-state index contributed by atoms with van der Waals surface area (Å²) in [6, 6.07) is 2.33. The predicted molar refractivity (Wildman–Crippen MR) is 58.9 cm³/mol. The summed E-state index contributed by atoms with van der Waals surface area (Å²) in [5.41, 5.74) is 1.17. The zero-order valence-corrected chi connectivity index (χ0v) is 9.63. The van der Waals surface area contributed by atoms with Crippen LogP contribution in [-0.4, -0.2) is 38.8 Å². The van der Waals surface area contributed by atoms with Crippen LogP contribution in [0.25, 0.3) is 0 Å². The Labute approximate surface area is 94.7 Å². The van der Waals surface area contributed by atoms with Crippen molar-refractivity contribution < 1.29 is 9.90 Å². The van der Waals surface area contributed by atoms with Crippen LogP contribution in [0.15, 0.2) is 12.3 Å². The Morgan fingerprint density at radius 2 is 2.38 bits per heavy atom. The molecule has 0 saturated carbocycles. The lowest BCUT2D eigenvalue weighted by molar-refractivity contribution is -0.139. The average molecular weight is 223 g/mol. The predicted octanol–water partition coefficient (Wildman–Crippen LogP) is 0.888. The molecule has 1 unspecified atom stereocenters. The number of hydrogen-bond donors (Lipinski definition) is 1. The minimum Gasteiger partial charge on any atom is -0.481 e. The number of aliphatic carboxylic acids is 1. The molecule has 88 valence electrons. The summed E-state index contributed by atoms with van der Waals surface area (Å²) in [6.07, 6.45) is 2.08. The van der Waals surface area contributed by atoms with Gasteiger partial charge in [-0.3, -0.25) is 14.4 Å². The van der Waals surface area contributed by atoms with Crippen LogP contribution in [0.1, 0.15) is 25.1 Å². The Kier molecular flexibility index (Phi) is 2.96. The van der Waals surface area contributed by atoms with Gasteiger partial charge in [0.15, 0.2) is 0 Å². The van der Waals surface area contributed by atoms with Crippen LogP contribution in [0.3, 0.4) is 0 Å². The summed E-state index contributed by atoms with van der Waals surface area (Å²) in [5.74, 6) is -0.383. The fourth-order valence-electron chi connectivity index (χ4n) is 2.28. The molecule has 0 aliphatic carbocycles. The Balaban J connectivity index is 1.88. The van der Waals surface area contributed by atoms with Crippen molar-refractivity contribution in [2.45, 2.75) is 19.4 Å². The van der Waals surface area contributed by atoms with Gasteiger partial charge in [-0.15, -0.1) is 0 Å². The number of aromatic nitrogens is 2. The van der Waals surface area contributed by atoms with Crippen molar-refractivity contribution in [3.05, 3.63) is 18.0 Å². The number of likely N-dealkylation sites (tertiary alicyclic amines) is 1. The first-order valence-corrected chi connectivity index (χ1v) is 5.51. The van der Waals surface area contributed by atoms with Gasteiger partial charge in [0.05, 0.1) is 12.1 Å². The SMILES string of the molecule is CC(c1ccnn1C)N1CC(CC(=O)O)C1. The summed E-state index contributed by atoms with van der Waals surface area (Å²) < 4.78 is 1.87. The van der Waals surface area contributed by atoms with Gasteiger partial charge in [-0.2, -0.15) is 5.10 Å². The summed E-state index contributed by atoms with van der Waals surface area (Å²) in [5, 5.41) is 12.8.